The van der Waals surface area contributed by atoms with Crippen LogP contribution in [0, 0.1) is 0 Å². The molecule has 0 aliphatic carbocycles. The zero-order valence-electron chi connectivity index (χ0n) is 10.7. The van der Waals surface area contributed by atoms with Crippen molar-refractivity contribution in [1.82, 2.24) is 0 Å². The molecule has 0 unspecified atom stereocenters. The van der Waals surface area contributed by atoms with Crippen molar-refractivity contribution in [2.75, 3.05) is 13.7 Å². The van der Waals surface area contributed by atoms with Gasteiger partial charge in [0.1, 0.15) is 0 Å². The first-order valence-corrected chi connectivity index (χ1v) is 6.13. The fourth-order valence-electron chi connectivity index (χ4n) is 1.31. The highest BCUT2D eigenvalue weighted by atomic mass is 16.5. The topological polar surface area (TPSA) is 52.6 Å². The largest absolute Gasteiger partial charge is 0.466 e. The summed E-state index contributed by atoms with van der Waals surface area (Å²) in [6.45, 7) is 2.59. The number of unbranched alkanes of at least 4 members (excludes halogenated alkanes) is 5. The SMILES string of the molecule is CCCCCCCCOC(=O)/C=C\C(=O)OC. The molecule has 0 aromatic carbocycles. The van der Waals surface area contributed by atoms with E-state index in [0.717, 1.165) is 25.0 Å². The van der Waals surface area contributed by atoms with Gasteiger partial charge in [-0.15, -0.1) is 0 Å². The van der Waals surface area contributed by atoms with E-state index in [1.165, 1.54) is 32.8 Å². The molecule has 0 fully saturated rings. The average molecular weight is 242 g/mol. The van der Waals surface area contributed by atoms with Crippen LogP contribution in [0.25, 0.3) is 0 Å². The summed E-state index contributed by atoms with van der Waals surface area (Å²) >= 11 is 0. The zero-order chi connectivity index (χ0) is 12.9. The minimum atomic E-state index is -0.554. The Kier molecular flexibility index (Phi) is 10.3. The first-order chi connectivity index (χ1) is 8.20. The van der Waals surface area contributed by atoms with Crippen LogP contribution in [0.1, 0.15) is 45.4 Å². The highest BCUT2D eigenvalue weighted by molar-refractivity contribution is 5.91. The Labute approximate surface area is 103 Å². The molecule has 0 saturated carbocycles. The van der Waals surface area contributed by atoms with Gasteiger partial charge >= 0.3 is 11.9 Å². The predicted molar refractivity (Wildman–Crippen MR) is 65.5 cm³/mol. The molecule has 98 valence electrons. The number of hydrogen-bond acceptors (Lipinski definition) is 4. The molecule has 0 radical (unpaired) electrons. The van der Waals surface area contributed by atoms with Crippen LogP contribution in [0.15, 0.2) is 12.2 Å². The van der Waals surface area contributed by atoms with E-state index in [9.17, 15) is 9.59 Å². The van der Waals surface area contributed by atoms with Crippen LogP contribution in [-0.4, -0.2) is 25.7 Å². The number of carbonyl (C=O) groups excluding carboxylic acids is 2. The summed E-state index contributed by atoms with van der Waals surface area (Å²) in [7, 11) is 1.26. The number of rotatable bonds is 9. The Morgan fingerprint density at radius 3 is 2.18 bits per heavy atom. The second-order valence-corrected chi connectivity index (χ2v) is 3.79. The summed E-state index contributed by atoms with van der Waals surface area (Å²) in [5.41, 5.74) is 0. The lowest BCUT2D eigenvalue weighted by molar-refractivity contribution is -0.139. The molecule has 0 spiro atoms. The Morgan fingerprint density at radius 1 is 0.941 bits per heavy atom. The van der Waals surface area contributed by atoms with Crippen LogP contribution in [0.4, 0.5) is 0 Å². The Morgan fingerprint density at radius 2 is 1.53 bits per heavy atom. The molecule has 0 aromatic rings. The molecule has 0 bridgehead atoms. The van der Waals surface area contributed by atoms with Crippen molar-refractivity contribution in [2.24, 2.45) is 0 Å². The summed E-state index contributed by atoms with van der Waals surface area (Å²) in [5, 5.41) is 0. The molecule has 0 atom stereocenters. The summed E-state index contributed by atoms with van der Waals surface area (Å²) in [6, 6.07) is 0. The lowest BCUT2D eigenvalue weighted by Gasteiger charge is -2.01. The van der Waals surface area contributed by atoms with Crippen LogP contribution in [0.2, 0.25) is 0 Å². The van der Waals surface area contributed by atoms with E-state index < -0.39 is 11.9 Å². The smallest absolute Gasteiger partial charge is 0.331 e. The molecule has 0 N–H and O–H groups in total. The third kappa shape index (κ3) is 11.0. The van der Waals surface area contributed by atoms with E-state index in [2.05, 4.69) is 11.7 Å². The molecule has 0 rings (SSSR count). The van der Waals surface area contributed by atoms with E-state index in [1.54, 1.807) is 0 Å². The lowest BCUT2D eigenvalue weighted by atomic mass is 10.1. The van der Waals surface area contributed by atoms with E-state index >= 15 is 0 Å². The number of hydrogen-bond donors (Lipinski definition) is 0. The summed E-state index contributed by atoms with van der Waals surface area (Å²) in [5.74, 6) is -1.05. The Hall–Kier alpha value is -1.32. The van der Waals surface area contributed by atoms with Crippen molar-refractivity contribution in [3.8, 4) is 0 Å². The molecule has 17 heavy (non-hydrogen) atoms. The van der Waals surface area contributed by atoms with Crippen LogP contribution in [0.3, 0.4) is 0 Å². The van der Waals surface area contributed by atoms with Gasteiger partial charge in [0.15, 0.2) is 0 Å². The van der Waals surface area contributed by atoms with Gasteiger partial charge in [0, 0.05) is 12.2 Å². The Bertz CT molecular complexity index is 246. The number of carbonyl (C=O) groups is 2. The van der Waals surface area contributed by atoms with Gasteiger partial charge in [-0.05, 0) is 6.42 Å². The maximum absolute atomic E-state index is 11.1. The van der Waals surface area contributed by atoms with Crippen molar-refractivity contribution >= 4 is 11.9 Å². The summed E-state index contributed by atoms with van der Waals surface area (Å²) in [6.07, 6.45) is 9.02. The molecule has 4 heteroatoms. The van der Waals surface area contributed by atoms with Gasteiger partial charge in [-0.1, -0.05) is 39.0 Å². The molecule has 0 saturated heterocycles. The second-order valence-electron chi connectivity index (χ2n) is 3.79. The third-order valence-electron chi connectivity index (χ3n) is 2.30. The molecule has 0 heterocycles. The van der Waals surface area contributed by atoms with Gasteiger partial charge in [0.05, 0.1) is 13.7 Å². The normalized spacial score (nSPS) is 10.5. The highest BCUT2D eigenvalue weighted by Gasteiger charge is 1.99. The zero-order valence-corrected chi connectivity index (χ0v) is 10.7. The van der Waals surface area contributed by atoms with E-state index in [4.69, 9.17) is 4.74 Å². The highest BCUT2D eigenvalue weighted by Crippen LogP contribution is 2.04. The van der Waals surface area contributed by atoms with Gasteiger partial charge in [-0.3, -0.25) is 0 Å². The second kappa shape index (κ2) is 11.2. The van der Waals surface area contributed by atoms with Crippen LogP contribution >= 0.6 is 0 Å². The van der Waals surface area contributed by atoms with Crippen LogP contribution in [-0.2, 0) is 19.1 Å². The molecular formula is C13H22O4. The number of esters is 2. The lowest BCUT2D eigenvalue weighted by Crippen LogP contribution is -2.04. The van der Waals surface area contributed by atoms with Crippen LogP contribution in [0.5, 0.6) is 0 Å². The van der Waals surface area contributed by atoms with Gasteiger partial charge in [0.25, 0.3) is 0 Å². The van der Waals surface area contributed by atoms with Crippen LogP contribution < -0.4 is 0 Å². The first kappa shape index (κ1) is 15.7. The molecule has 0 aliphatic heterocycles. The number of methoxy groups -OCH3 is 1. The van der Waals surface area contributed by atoms with Gasteiger partial charge in [-0.2, -0.15) is 0 Å². The van der Waals surface area contributed by atoms with Crippen molar-refractivity contribution in [2.45, 2.75) is 45.4 Å². The molecule has 0 amide bonds. The summed E-state index contributed by atoms with van der Waals surface area (Å²) < 4.78 is 9.26. The van der Waals surface area contributed by atoms with Crippen molar-refractivity contribution in [3.05, 3.63) is 12.2 Å². The van der Waals surface area contributed by atoms with E-state index in [1.807, 2.05) is 0 Å². The predicted octanol–water partition coefficient (Wildman–Crippen LogP) is 2.62. The van der Waals surface area contributed by atoms with Crippen molar-refractivity contribution in [3.63, 3.8) is 0 Å². The van der Waals surface area contributed by atoms with Gasteiger partial charge < -0.3 is 9.47 Å². The maximum Gasteiger partial charge on any atom is 0.331 e. The molecule has 0 aromatic heterocycles. The monoisotopic (exact) mass is 242 g/mol. The summed E-state index contributed by atoms with van der Waals surface area (Å²) in [4.78, 5) is 21.8. The fourth-order valence-corrected chi connectivity index (χ4v) is 1.31. The van der Waals surface area contributed by atoms with E-state index in [0.29, 0.717) is 6.61 Å². The minimum absolute atomic E-state index is 0.413. The molecule has 4 nitrogen and oxygen atoms in total. The molecule has 0 aliphatic rings. The average Bonchev–Trinajstić information content (AvgIpc) is 2.34. The standard InChI is InChI=1S/C13H22O4/c1-3-4-5-6-7-8-11-17-13(15)10-9-12(14)16-2/h9-10H,3-8,11H2,1-2H3/b10-9-. The van der Waals surface area contributed by atoms with Gasteiger partial charge in [0.2, 0.25) is 0 Å². The number of ether oxygens (including phenoxy) is 2. The Balaban J connectivity index is 3.39. The molecular weight excluding hydrogens is 220 g/mol. The van der Waals surface area contributed by atoms with Gasteiger partial charge in [-0.25, -0.2) is 9.59 Å². The third-order valence-corrected chi connectivity index (χ3v) is 2.30. The first-order valence-electron chi connectivity index (χ1n) is 6.13. The quantitative estimate of drug-likeness (QED) is 0.354. The maximum atomic E-state index is 11.1. The minimum Gasteiger partial charge on any atom is -0.466 e. The van der Waals surface area contributed by atoms with E-state index in [-0.39, 0.29) is 0 Å². The van der Waals surface area contributed by atoms with Crippen molar-refractivity contribution in [1.29, 1.82) is 0 Å². The van der Waals surface area contributed by atoms with Crippen molar-refractivity contribution < 1.29 is 19.1 Å². The fraction of sp³-hybridized carbons (Fsp3) is 0.692.